The SMILES string of the molecule is COC(=O)CC(C)(C)CS. The lowest BCUT2D eigenvalue weighted by Gasteiger charge is -2.19. The maximum absolute atomic E-state index is 10.7. The maximum atomic E-state index is 10.7. The van der Waals surface area contributed by atoms with Crippen molar-refractivity contribution in [3.05, 3.63) is 0 Å². The van der Waals surface area contributed by atoms with Gasteiger partial charge in [-0.25, -0.2) is 0 Å². The van der Waals surface area contributed by atoms with Gasteiger partial charge >= 0.3 is 5.97 Å². The van der Waals surface area contributed by atoms with E-state index in [-0.39, 0.29) is 11.4 Å². The molecule has 0 saturated heterocycles. The number of esters is 1. The van der Waals surface area contributed by atoms with Crippen LogP contribution in [0.15, 0.2) is 0 Å². The number of hydrogen-bond donors (Lipinski definition) is 1. The van der Waals surface area contributed by atoms with Gasteiger partial charge in [0.25, 0.3) is 0 Å². The van der Waals surface area contributed by atoms with Crippen LogP contribution >= 0.6 is 12.6 Å². The molecule has 0 unspecified atom stereocenters. The molecule has 0 N–H and O–H groups in total. The summed E-state index contributed by atoms with van der Waals surface area (Å²) in [5.74, 6) is 0.529. The van der Waals surface area contributed by atoms with Gasteiger partial charge in [0.1, 0.15) is 0 Å². The number of rotatable bonds is 3. The third-order valence-electron chi connectivity index (χ3n) is 1.28. The lowest BCUT2D eigenvalue weighted by Crippen LogP contribution is -2.19. The largest absolute Gasteiger partial charge is 0.469 e. The first-order valence-corrected chi connectivity index (χ1v) is 3.83. The maximum Gasteiger partial charge on any atom is 0.306 e. The Balaban J connectivity index is 3.76. The van der Waals surface area contributed by atoms with Crippen molar-refractivity contribution in [3.8, 4) is 0 Å². The summed E-state index contributed by atoms with van der Waals surface area (Å²) >= 11 is 4.11. The third kappa shape index (κ3) is 3.77. The van der Waals surface area contributed by atoms with E-state index in [1.54, 1.807) is 0 Å². The third-order valence-corrected chi connectivity index (χ3v) is 2.13. The molecule has 0 bridgehead atoms. The Labute approximate surface area is 67.4 Å². The standard InChI is InChI=1S/C7H14O2S/c1-7(2,5-10)4-6(8)9-3/h10H,4-5H2,1-3H3. The number of hydrogen-bond acceptors (Lipinski definition) is 3. The second kappa shape index (κ2) is 3.86. The molecule has 0 saturated carbocycles. The summed E-state index contributed by atoms with van der Waals surface area (Å²) in [4.78, 5) is 10.7. The van der Waals surface area contributed by atoms with E-state index in [4.69, 9.17) is 0 Å². The molecule has 0 amide bonds. The molecule has 0 radical (unpaired) electrons. The van der Waals surface area contributed by atoms with Gasteiger partial charge in [-0.15, -0.1) is 0 Å². The summed E-state index contributed by atoms with van der Waals surface area (Å²) in [5.41, 5.74) is -0.0454. The van der Waals surface area contributed by atoms with Crippen molar-refractivity contribution < 1.29 is 9.53 Å². The average molecular weight is 162 g/mol. The number of thiol groups is 1. The Morgan fingerprint density at radius 3 is 2.40 bits per heavy atom. The van der Waals surface area contributed by atoms with Crippen LogP contribution in [0, 0.1) is 5.41 Å². The van der Waals surface area contributed by atoms with Crippen molar-refractivity contribution in [2.24, 2.45) is 5.41 Å². The fourth-order valence-corrected chi connectivity index (χ4v) is 0.631. The molecule has 0 aliphatic rings. The summed E-state index contributed by atoms with van der Waals surface area (Å²) in [7, 11) is 1.40. The van der Waals surface area contributed by atoms with Gasteiger partial charge in [-0.1, -0.05) is 13.8 Å². The van der Waals surface area contributed by atoms with Crippen molar-refractivity contribution in [1.29, 1.82) is 0 Å². The van der Waals surface area contributed by atoms with E-state index < -0.39 is 0 Å². The van der Waals surface area contributed by atoms with Gasteiger partial charge in [0.05, 0.1) is 13.5 Å². The predicted octanol–water partition coefficient (Wildman–Crippen LogP) is 1.51. The second-order valence-electron chi connectivity index (χ2n) is 3.08. The summed E-state index contributed by atoms with van der Waals surface area (Å²) in [6.45, 7) is 3.97. The molecular weight excluding hydrogens is 148 g/mol. The predicted molar refractivity (Wildman–Crippen MR) is 44.3 cm³/mol. The van der Waals surface area contributed by atoms with Crippen LogP contribution < -0.4 is 0 Å². The van der Waals surface area contributed by atoms with Crippen molar-refractivity contribution in [1.82, 2.24) is 0 Å². The molecule has 0 heterocycles. The summed E-state index contributed by atoms with van der Waals surface area (Å²) < 4.78 is 4.52. The van der Waals surface area contributed by atoms with Crippen LogP contribution in [0.3, 0.4) is 0 Å². The van der Waals surface area contributed by atoms with Crippen molar-refractivity contribution >= 4 is 18.6 Å². The molecule has 0 atom stereocenters. The van der Waals surface area contributed by atoms with E-state index in [9.17, 15) is 4.79 Å². The van der Waals surface area contributed by atoms with Gasteiger partial charge in [-0.3, -0.25) is 4.79 Å². The van der Waals surface area contributed by atoms with E-state index in [2.05, 4.69) is 17.4 Å². The van der Waals surface area contributed by atoms with E-state index in [1.807, 2.05) is 13.8 Å². The molecule has 0 spiro atoms. The minimum absolute atomic E-state index is 0.0454. The zero-order valence-electron chi connectivity index (χ0n) is 6.68. The number of ether oxygens (including phenoxy) is 1. The number of methoxy groups -OCH3 is 1. The zero-order chi connectivity index (χ0) is 8.20. The van der Waals surface area contributed by atoms with Gasteiger partial charge in [0.15, 0.2) is 0 Å². The van der Waals surface area contributed by atoms with Gasteiger partial charge in [-0.2, -0.15) is 12.6 Å². The molecule has 0 aromatic carbocycles. The first-order valence-electron chi connectivity index (χ1n) is 3.19. The van der Waals surface area contributed by atoms with Crippen LogP contribution in [0.4, 0.5) is 0 Å². The quantitative estimate of drug-likeness (QED) is 0.503. The second-order valence-corrected chi connectivity index (χ2v) is 3.39. The molecule has 0 aromatic heterocycles. The highest BCUT2D eigenvalue weighted by atomic mass is 32.1. The highest BCUT2D eigenvalue weighted by molar-refractivity contribution is 7.80. The van der Waals surface area contributed by atoms with Crippen molar-refractivity contribution in [2.45, 2.75) is 20.3 Å². The molecule has 60 valence electrons. The Kier molecular flexibility index (Phi) is 3.79. The lowest BCUT2D eigenvalue weighted by atomic mass is 9.92. The van der Waals surface area contributed by atoms with E-state index in [1.165, 1.54) is 7.11 Å². The summed E-state index contributed by atoms with van der Waals surface area (Å²) in [5, 5.41) is 0. The molecule has 0 fully saturated rings. The molecule has 10 heavy (non-hydrogen) atoms. The minimum Gasteiger partial charge on any atom is -0.469 e. The highest BCUT2D eigenvalue weighted by Crippen LogP contribution is 2.21. The fraction of sp³-hybridized carbons (Fsp3) is 0.857. The molecule has 0 aliphatic heterocycles. The van der Waals surface area contributed by atoms with E-state index in [0.29, 0.717) is 12.2 Å². The summed E-state index contributed by atoms with van der Waals surface area (Å²) in [6, 6.07) is 0. The normalized spacial score (nSPS) is 11.2. The Hall–Kier alpha value is -0.180. The topological polar surface area (TPSA) is 26.3 Å². The van der Waals surface area contributed by atoms with Crippen LogP contribution in [-0.4, -0.2) is 18.8 Å². The van der Waals surface area contributed by atoms with Crippen molar-refractivity contribution in [3.63, 3.8) is 0 Å². The van der Waals surface area contributed by atoms with Crippen LogP contribution in [0.5, 0.6) is 0 Å². The monoisotopic (exact) mass is 162 g/mol. The Morgan fingerprint density at radius 1 is 1.60 bits per heavy atom. The average Bonchev–Trinajstić information content (AvgIpc) is 1.87. The van der Waals surface area contributed by atoms with Crippen LogP contribution in [0.1, 0.15) is 20.3 Å². The zero-order valence-corrected chi connectivity index (χ0v) is 7.57. The number of carbonyl (C=O) groups is 1. The first-order chi connectivity index (χ1) is 4.52. The molecule has 2 nitrogen and oxygen atoms in total. The minimum atomic E-state index is -0.168. The summed E-state index contributed by atoms with van der Waals surface area (Å²) in [6.07, 6.45) is 0.438. The van der Waals surface area contributed by atoms with Gasteiger partial charge in [0.2, 0.25) is 0 Å². The van der Waals surface area contributed by atoms with Gasteiger partial charge < -0.3 is 4.74 Å². The van der Waals surface area contributed by atoms with Gasteiger partial charge in [-0.05, 0) is 11.2 Å². The molecule has 3 heteroatoms. The number of carbonyl (C=O) groups excluding carboxylic acids is 1. The fourth-order valence-electron chi connectivity index (χ4n) is 0.519. The van der Waals surface area contributed by atoms with Crippen molar-refractivity contribution in [2.75, 3.05) is 12.9 Å². The van der Waals surface area contributed by atoms with Crippen LogP contribution in [0.2, 0.25) is 0 Å². The lowest BCUT2D eigenvalue weighted by molar-refractivity contribution is -0.142. The van der Waals surface area contributed by atoms with E-state index in [0.717, 1.165) is 0 Å². The van der Waals surface area contributed by atoms with E-state index >= 15 is 0 Å². The van der Waals surface area contributed by atoms with Crippen LogP contribution in [0.25, 0.3) is 0 Å². The smallest absolute Gasteiger partial charge is 0.306 e. The molecule has 0 aliphatic carbocycles. The Bertz CT molecular complexity index is 121. The first kappa shape index (κ1) is 9.82. The van der Waals surface area contributed by atoms with Crippen LogP contribution in [-0.2, 0) is 9.53 Å². The molecule has 0 rings (SSSR count). The molecular formula is C7H14O2S. The molecule has 0 aromatic rings. The Morgan fingerprint density at radius 2 is 2.10 bits per heavy atom. The highest BCUT2D eigenvalue weighted by Gasteiger charge is 2.20. The van der Waals surface area contributed by atoms with Gasteiger partial charge in [0, 0.05) is 0 Å².